The van der Waals surface area contributed by atoms with E-state index >= 15 is 0 Å². The number of esters is 2. The van der Waals surface area contributed by atoms with Crippen molar-refractivity contribution in [1.82, 2.24) is 0 Å². The van der Waals surface area contributed by atoms with Crippen molar-refractivity contribution in [3.63, 3.8) is 0 Å². The van der Waals surface area contributed by atoms with Crippen LogP contribution in [0.25, 0.3) is 0 Å². The van der Waals surface area contributed by atoms with Gasteiger partial charge in [-0.05, 0) is 38.0 Å². The van der Waals surface area contributed by atoms with Crippen molar-refractivity contribution in [2.24, 2.45) is 5.73 Å². The summed E-state index contributed by atoms with van der Waals surface area (Å²) < 4.78 is 20.3. The van der Waals surface area contributed by atoms with E-state index < -0.39 is 42.1 Å². The van der Waals surface area contributed by atoms with Crippen molar-refractivity contribution in [3.8, 4) is 11.5 Å². The highest BCUT2D eigenvalue weighted by Crippen LogP contribution is 2.35. The van der Waals surface area contributed by atoms with Gasteiger partial charge in [0.05, 0.1) is 6.61 Å². The van der Waals surface area contributed by atoms with Gasteiger partial charge in [0.25, 0.3) is 0 Å². The van der Waals surface area contributed by atoms with Crippen LogP contribution in [0.5, 0.6) is 11.5 Å². The Kier molecular flexibility index (Phi) is 10.5. The zero-order valence-electron chi connectivity index (χ0n) is 18.1. The highest BCUT2D eigenvalue weighted by atomic mass is 16.7. The fourth-order valence-electron chi connectivity index (χ4n) is 2.69. The first-order valence-corrected chi connectivity index (χ1v) is 9.99. The summed E-state index contributed by atoms with van der Waals surface area (Å²) in [6.45, 7) is 6.55. The lowest BCUT2D eigenvalue weighted by Crippen LogP contribution is -2.38. The van der Waals surface area contributed by atoms with Crippen LogP contribution in [0, 0.1) is 0 Å². The van der Waals surface area contributed by atoms with Crippen molar-refractivity contribution >= 4 is 24.1 Å². The van der Waals surface area contributed by atoms with E-state index in [1.54, 1.807) is 27.7 Å². The largest absolute Gasteiger partial charge is 0.508 e. The minimum absolute atomic E-state index is 0.0240. The number of carboxylic acids is 1. The zero-order chi connectivity index (χ0) is 23.6. The Morgan fingerprint density at radius 3 is 2.10 bits per heavy atom. The molecule has 1 aromatic carbocycles. The molecule has 2 unspecified atom stereocenters. The standard InChI is InChI=1S/C21H29NO9/c1-5-17(23)30-15-9-8-13(11-16(15)31-18(24)6-2)14(19(22)20(25)26)10-12(4)29-21(27)28-7-3/h8-9,11-12,14,19H,5-7,10,22H2,1-4H3,(H,25,26)/t12?,14?,19-/m0/s1. The summed E-state index contributed by atoms with van der Waals surface area (Å²) in [6.07, 6.45) is -1.35. The first-order valence-electron chi connectivity index (χ1n) is 9.99. The van der Waals surface area contributed by atoms with E-state index in [4.69, 9.17) is 24.7 Å². The summed E-state index contributed by atoms with van der Waals surface area (Å²) >= 11 is 0. The fourth-order valence-corrected chi connectivity index (χ4v) is 2.69. The van der Waals surface area contributed by atoms with E-state index in [1.165, 1.54) is 18.2 Å². The van der Waals surface area contributed by atoms with Crippen LogP contribution >= 0.6 is 0 Å². The lowest BCUT2D eigenvalue weighted by atomic mass is 9.87. The molecule has 0 aliphatic carbocycles. The molecule has 0 amide bonds. The molecule has 172 valence electrons. The molecule has 31 heavy (non-hydrogen) atoms. The molecule has 0 saturated carbocycles. The predicted octanol–water partition coefficient (Wildman–Crippen LogP) is 2.76. The predicted molar refractivity (Wildman–Crippen MR) is 109 cm³/mol. The van der Waals surface area contributed by atoms with Gasteiger partial charge in [0.1, 0.15) is 12.1 Å². The van der Waals surface area contributed by atoms with Crippen LogP contribution in [-0.2, 0) is 23.9 Å². The maximum Gasteiger partial charge on any atom is 0.508 e. The van der Waals surface area contributed by atoms with Crippen LogP contribution < -0.4 is 15.2 Å². The molecule has 0 aliphatic heterocycles. The molecule has 0 radical (unpaired) electrons. The first kappa shape index (κ1) is 25.9. The van der Waals surface area contributed by atoms with Crippen molar-refractivity contribution in [2.45, 2.75) is 65.0 Å². The minimum atomic E-state index is -1.34. The Morgan fingerprint density at radius 1 is 1.00 bits per heavy atom. The number of hydrogen-bond acceptors (Lipinski definition) is 9. The van der Waals surface area contributed by atoms with Crippen LogP contribution in [0.4, 0.5) is 4.79 Å². The molecule has 10 nitrogen and oxygen atoms in total. The monoisotopic (exact) mass is 439 g/mol. The number of nitrogens with two attached hydrogens (primary N) is 1. The van der Waals surface area contributed by atoms with E-state index in [-0.39, 0.29) is 37.4 Å². The highest BCUT2D eigenvalue weighted by molar-refractivity contribution is 5.77. The maximum absolute atomic E-state index is 11.8. The number of hydrogen-bond donors (Lipinski definition) is 2. The summed E-state index contributed by atoms with van der Waals surface area (Å²) in [5.41, 5.74) is 6.29. The lowest BCUT2D eigenvalue weighted by molar-refractivity contribution is -0.139. The summed E-state index contributed by atoms with van der Waals surface area (Å²) in [5, 5.41) is 9.44. The number of carbonyl (C=O) groups is 4. The normalized spacial score (nSPS) is 13.5. The average molecular weight is 439 g/mol. The number of benzene rings is 1. The van der Waals surface area contributed by atoms with E-state index in [0.29, 0.717) is 5.56 Å². The smallest absolute Gasteiger partial charge is 0.480 e. The molecule has 0 bridgehead atoms. The van der Waals surface area contributed by atoms with Crippen LogP contribution in [0.1, 0.15) is 58.4 Å². The Morgan fingerprint density at radius 2 is 1.58 bits per heavy atom. The third-order valence-corrected chi connectivity index (χ3v) is 4.28. The summed E-state index contributed by atoms with van der Waals surface area (Å²) in [4.78, 5) is 46.6. The minimum Gasteiger partial charge on any atom is -0.480 e. The highest BCUT2D eigenvalue weighted by Gasteiger charge is 2.30. The molecule has 0 spiro atoms. The second kappa shape index (κ2) is 12.5. The van der Waals surface area contributed by atoms with Gasteiger partial charge in [0.2, 0.25) is 0 Å². The maximum atomic E-state index is 11.8. The Labute approximate surface area is 180 Å². The molecule has 0 heterocycles. The van der Waals surface area contributed by atoms with E-state index in [1.807, 2.05) is 0 Å². The van der Waals surface area contributed by atoms with Gasteiger partial charge in [0.15, 0.2) is 11.5 Å². The molecule has 10 heteroatoms. The van der Waals surface area contributed by atoms with Gasteiger partial charge in [-0.3, -0.25) is 14.4 Å². The van der Waals surface area contributed by atoms with Gasteiger partial charge in [-0.2, -0.15) is 0 Å². The molecule has 0 saturated heterocycles. The second-order valence-corrected chi connectivity index (χ2v) is 6.68. The third-order valence-electron chi connectivity index (χ3n) is 4.28. The van der Waals surface area contributed by atoms with Gasteiger partial charge in [-0.15, -0.1) is 0 Å². The van der Waals surface area contributed by atoms with E-state index in [9.17, 15) is 24.3 Å². The van der Waals surface area contributed by atoms with Gasteiger partial charge in [-0.25, -0.2) is 4.79 Å². The third kappa shape index (κ3) is 8.25. The molecule has 1 rings (SSSR count). The number of carbonyl (C=O) groups excluding carboxylic acids is 3. The zero-order valence-corrected chi connectivity index (χ0v) is 18.1. The Balaban J connectivity index is 3.27. The molecular weight excluding hydrogens is 410 g/mol. The van der Waals surface area contributed by atoms with Gasteiger partial charge in [0, 0.05) is 18.8 Å². The quantitative estimate of drug-likeness (QED) is 0.389. The first-order chi connectivity index (χ1) is 14.6. The van der Waals surface area contributed by atoms with Crippen LogP contribution in [0.15, 0.2) is 18.2 Å². The number of rotatable bonds is 11. The molecule has 3 N–H and O–H groups in total. The molecule has 0 aromatic heterocycles. The summed E-state index contributed by atoms with van der Waals surface area (Å²) in [7, 11) is 0. The molecule has 0 aliphatic rings. The summed E-state index contributed by atoms with van der Waals surface area (Å²) in [5.74, 6) is -3.18. The van der Waals surface area contributed by atoms with Crippen LogP contribution in [0.3, 0.4) is 0 Å². The Bertz CT molecular complexity index is 793. The van der Waals surface area contributed by atoms with E-state index in [2.05, 4.69) is 0 Å². The van der Waals surface area contributed by atoms with Gasteiger partial charge >= 0.3 is 24.1 Å². The van der Waals surface area contributed by atoms with Crippen molar-refractivity contribution < 1.29 is 43.2 Å². The Hall–Kier alpha value is -3.14. The number of ether oxygens (including phenoxy) is 4. The van der Waals surface area contributed by atoms with Crippen molar-refractivity contribution in [1.29, 1.82) is 0 Å². The number of carboxylic acid groups (broad SMARTS) is 1. The lowest BCUT2D eigenvalue weighted by Gasteiger charge is -2.25. The summed E-state index contributed by atoms with van der Waals surface area (Å²) in [6, 6.07) is 2.98. The topological polar surface area (TPSA) is 151 Å². The van der Waals surface area contributed by atoms with Crippen LogP contribution in [0.2, 0.25) is 0 Å². The fraction of sp³-hybridized carbons (Fsp3) is 0.524. The van der Waals surface area contributed by atoms with Gasteiger partial charge < -0.3 is 29.8 Å². The van der Waals surface area contributed by atoms with Crippen molar-refractivity contribution in [2.75, 3.05) is 6.61 Å². The van der Waals surface area contributed by atoms with Gasteiger partial charge in [-0.1, -0.05) is 19.9 Å². The van der Waals surface area contributed by atoms with Crippen molar-refractivity contribution in [3.05, 3.63) is 23.8 Å². The number of aliphatic carboxylic acids is 1. The molecule has 1 aromatic rings. The molecular formula is C21H29NO9. The van der Waals surface area contributed by atoms with Crippen LogP contribution in [-0.4, -0.2) is 47.9 Å². The van der Waals surface area contributed by atoms with E-state index in [0.717, 1.165) is 0 Å². The molecule has 0 fully saturated rings. The second-order valence-electron chi connectivity index (χ2n) is 6.68. The molecule has 3 atom stereocenters. The average Bonchev–Trinajstić information content (AvgIpc) is 2.72. The SMILES string of the molecule is CCOC(=O)OC(C)CC(c1ccc(OC(=O)CC)c(OC(=O)CC)c1)[C@H](N)C(=O)O.